The van der Waals surface area contributed by atoms with Crippen molar-refractivity contribution in [1.82, 2.24) is 0 Å². The van der Waals surface area contributed by atoms with Gasteiger partial charge in [-0.25, -0.2) is 4.36 Å². The SMILES string of the molecule is CCCCCCN=S=S. The molecule has 0 N–H and O–H groups in total. The highest BCUT2D eigenvalue weighted by atomic mass is 32.8. The van der Waals surface area contributed by atoms with Crippen molar-refractivity contribution in [3.05, 3.63) is 0 Å². The van der Waals surface area contributed by atoms with E-state index in [-0.39, 0.29) is 0 Å². The first-order valence-corrected chi connectivity index (χ1v) is 5.07. The molecule has 0 rings (SSSR count). The van der Waals surface area contributed by atoms with Crippen molar-refractivity contribution in [2.24, 2.45) is 4.36 Å². The molecule has 0 fully saturated rings. The molecule has 0 aliphatic carbocycles. The molecule has 0 aromatic rings. The van der Waals surface area contributed by atoms with E-state index in [4.69, 9.17) is 0 Å². The fourth-order valence-electron chi connectivity index (χ4n) is 0.640. The summed E-state index contributed by atoms with van der Waals surface area (Å²) in [6.45, 7) is 3.15. The van der Waals surface area contributed by atoms with Gasteiger partial charge in [0, 0.05) is 21.3 Å². The molecule has 0 aromatic heterocycles. The molecule has 0 atom stereocenters. The Bertz CT molecular complexity index is 97.2. The Hall–Kier alpha value is 0.240. The largest absolute Gasteiger partial charge is 0.220 e. The van der Waals surface area contributed by atoms with Gasteiger partial charge in [-0.2, -0.15) is 0 Å². The van der Waals surface area contributed by atoms with Crippen LogP contribution in [0.1, 0.15) is 32.6 Å². The van der Waals surface area contributed by atoms with E-state index >= 15 is 0 Å². The Balaban J connectivity index is 2.82. The van der Waals surface area contributed by atoms with Crippen molar-refractivity contribution < 1.29 is 0 Å². The lowest BCUT2D eigenvalue weighted by Crippen LogP contribution is -1.78. The van der Waals surface area contributed by atoms with Crippen LogP contribution in [0.15, 0.2) is 4.36 Å². The Morgan fingerprint density at radius 1 is 1.33 bits per heavy atom. The fraction of sp³-hybridized carbons (Fsp3) is 1.00. The molecule has 0 spiro atoms. The first-order chi connectivity index (χ1) is 4.41. The highest BCUT2D eigenvalue weighted by molar-refractivity contribution is 8.12. The predicted molar refractivity (Wildman–Crippen MR) is 46.2 cm³/mol. The third kappa shape index (κ3) is 8.24. The monoisotopic (exact) mass is 163 g/mol. The van der Waals surface area contributed by atoms with Crippen molar-refractivity contribution >= 4 is 21.3 Å². The summed E-state index contributed by atoms with van der Waals surface area (Å²) in [5.74, 6) is 0. The van der Waals surface area contributed by atoms with E-state index in [0.717, 1.165) is 6.54 Å². The Morgan fingerprint density at radius 2 is 2.11 bits per heavy atom. The summed E-state index contributed by atoms with van der Waals surface area (Å²) in [6.07, 6.45) is 5.13. The van der Waals surface area contributed by atoms with Crippen LogP contribution in [0.25, 0.3) is 0 Å². The van der Waals surface area contributed by atoms with E-state index in [1.54, 1.807) is 0 Å². The molecule has 3 heteroatoms. The predicted octanol–water partition coefficient (Wildman–Crippen LogP) is 2.29. The summed E-state index contributed by atoms with van der Waals surface area (Å²) in [6, 6.07) is 0. The van der Waals surface area contributed by atoms with E-state index in [2.05, 4.69) is 22.5 Å². The van der Waals surface area contributed by atoms with Crippen LogP contribution in [0, 0.1) is 0 Å². The second-order valence-corrected chi connectivity index (χ2v) is 2.84. The minimum atomic E-state index is 0.939. The van der Waals surface area contributed by atoms with Gasteiger partial charge in [-0.15, -0.1) is 0 Å². The number of hydrogen-bond donors (Lipinski definition) is 0. The lowest BCUT2D eigenvalue weighted by Gasteiger charge is -1.91. The summed E-state index contributed by atoms with van der Waals surface area (Å²) in [5, 5.41) is 0. The minimum absolute atomic E-state index is 0.939. The molecule has 1 nitrogen and oxygen atoms in total. The van der Waals surface area contributed by atoms with E-state index in [9.17, 15) is 0 Å². The molecule has 0 bridgehead atoms. The van der Waals surface area contributed by atoms with Crippen LogP contribution < -0.4 is 0 Å². The van der Waals surface area contributed by atoms with Gasteiger partial charge in [0.25, 0.3) is 0 Å². The van der Waals surface area contributed by atoms with E-state index in [1.807, 2.05) is 0 Å². The summed E-state index contributed by atoms with van der Waals surface area (Å²) >= 11 is 4.58. The van der Waals surface area contributed by atoms with Gasteiger partial charge in [0.1, 0.15) is 0 Å². The van der Waals surface area contributed by atoms with Gasteiger partial charge in [-0.3, -0.25) is 0 Å². The molecular weight excluding hydrogens is 150 g/mol. The van der Waals surface area contributed by atoms with Gasteiger partial charge in [0.05, 0.1) is 6.54 Å². The van der Waals surface area contributed by atoms with Crippen molar-refractivity contribution in [3.63, 3.8) is 0 Å². The Kier molecular flexibility index (Phi) is 8.46. The van der Waals surface area contributed by atoms with Gasteiger partial charge in [-0.1, -0.05) is 26.2 Å². The maximum atomic E-state index is 4.58. The quantitative estimate of drug-likeness (QED) is 0.566. The van der Waals surface area contributed by atoms with Crippen LogP contribution in [-0.2, 0) is 21.3 Å². The average Bonchev–Trinajstić information content (AvgIpc) is 1.89. The minimum Gasteiger partial charge on any atom is -0.220 e. The molecule has 54 valence electrons. The van der Waals surface area contributed by atoms with Crippen molar-refractivity contribution in [2.75, 3.05) is 6.54 Å². The summed E-state index contributed by atoms with van der Waals surface area (Å²) in [4.78, 5) is 0. The molecule has 0 radical (unpaired) electrons. The molecule has 0 aromatic carbocycles. The lowest BCUT2D eigenvalue weighted by molar-refractivity contribution is 0.677. The van der Waals surface area contributed by atoms with Gasteiger partial charge >= 0.3 is 0 Å². The highest BCUT2D eigenvalue weighted by Gasteiger charge is 1.83. The first kappa shape index (κ1) is 9.24. The number of nitrogens with zero attached hydrogens (tertiary/aromatic N) is 1. The van der Waals surface area contributed by atoms with Crippen molar-refractivity contribution in [2.45, 2.75) is 32.6 Å². The smallest absolute Gasteiger partial charge is 0.0520 e. The molecule has 0 saturated carbocycles. The van der Waals surface area contributed by atoms with Gasteiger partial charge in [0.2, 0.25) is 0 Å². The Labute approximate surface area is 65.2 Å². The van der Waals surface area contributed by atoms with Crippen molar-refractivity contribution in [1.29, 1.82) is 0 Å². The zero-order valence-corrected chi connectivity index (χ0v) is 7.43. The molecule has 0 saturated heterocycles. The van der Waals surface area contributed by atoms with E-state index in [1.165, 1.54) is 35.8 Å². The van der Waals surface area contributed by atoms with Crippen LogP contribution >= 0.6 is 0 Å². The maximum Gasteiger partial charge on any atom is 0.0520 e. The second kappa shape index (κ2) is 8.24. The molecule has 0 aliphatic heterocycles. The van der Waals surface area contributed by atoms with E-state index < -0.39 is 0 Å². The summed E-state index contributed by atoms with van der Waals surface area (Å²) in [7, 11) is 1.17. The number of hydrogen-bond acceptors (Lipinski definition) is 2. The van der Waals surface area contributed by atoms with Crippen LogP contribution in [0.5, 0.6) is 0 Å². The maximum absolute atomic E-state index is 4.58. The van der Waals surface area contributed by atoms with Crippen LogP contribution in [-0.4, -0.2) is 6.54 Å². The van der Waals surface area contributed by atoms with Gasteiger partial charge in [0.15, 0.2) is 0 Å². The lowest BCUT2D eigenvalue weighted by atomic mass is 10.2. The molecule has 9 heavy (non-hydrogen) atoms. The zero-order valence-electron chi connectivity index (χ0n) is 5.80. The van der Waals surface area contributed by atoms with Gasteiger partial charge in [-0.05, 0) is 6.42 Å². The molecule has 0 unspecified atom stereocenters. The average molecular weight is 163 g/mol. The first-order valence-electron chi connectivity index (χ1n) is 3.37. The van der Waals surface area contributed by atoms with Crippen LogP contribution in [0.2, 0.25) is 0 Å². The van der Waals surface area contributed by atoms with Crippen LogP contribution in [0.4, 0.5) is 0 Å². The molecule has 0 aliphatic rings. The van der Waals surface area contributed by atoms with Crippen molar-refractivity contribution in [3.8, 4) is 0 Å². The topological polar surface area (TPSA) is 12.4 Å². The third-order valence-corrected chi connectivity index (χ3v) is 1.76. The van der Waals surface area contributed by atoms with Crippen LogP contribution in [0.3, 0.4) is 0 Å². The fourth-order valence-corrected chi connectivity index (χ4v) is 1.07. The van der Waals surface area contributed by atoms with E-state index in [0.29, 0.717) is 0 Å². The normalized spacial score (nSPS) is 9.00. The standard InChI is InChI=1S/C6H13NS2/c1-2-3-4-5-6-7-9-8/h2-6H2,1H3. The number of unbranched alkanes of at least 4 members (excludes halogenated alkanes) is 3. The number of rotatable bonds is 5. The van der Waals surface area contributed by atoms with Gasteiger partial charge < -0.3 is 0 Å². The summed E-state index contributed by atoms with van der Waals surface area (Å²) < 4.78 is 3.98. The second-order valence-electron chi connectivity index (χ2n) is 1.99. The molecule has 0 heterocycles. The third-order valence-electron chi connectivity index (χ3n) is 1.16. The molecule has 0 amide bonds. The zero-order chi connectivity index (χ0) is 6.95. The Morgan fingerprint density at radius 3 is 2.67 bits per heavy atom. The highest BCUT2D eigenvalue weighted by Crippen LogP contribution is 1.97. The molecular formula is C6H13NS2. The summed E-state index contributed by atoms with van der Waals surface area (Å²) in [5.41, 5.74) is 0.